The molecule has 2 atom stereocenters. The van der Waals surface area contributed by atoms with E-state index >= 15 is 0 Å². The van der Waals surface area contributed by atoms with Crippen LogP contribution >= 0.6 is 15.9 Å². The van der Waals surface area contributed by atoms with Crippen LogP contribution < -0.4 is 10.2 Å². The van der Waals surface area contributed by atoms with E-state index in [1.54, 1.807) is 0 Å². The zero-order valence-corrected chi connectivity index (χ0v) is 14.2. The number of halogens is 1. The number of rotatable bonds is 5. The van der Waals surface area contributed by atoms with E-state index < -0.39 is 0 Å². The summed E-state index contributed by atoms with van der Waals surface area (Å²) >= 11 is 3.60. The van der Waals surface area contributed by atoms with Crippen molar-refractivity contribution in [2.24, 2.45) is 0 Å². The van der Waals surface area contributed by atoms with Gasteiger partial charge in [-0.1, -0.05) is 28.9 Å². The third-order valence-electron chi connectivity index (χ3n) is 3.55. The second kappa shape index (κ2) is 7.43. The summed E-state index contributed by atoms with van der Waals surface area (Å²) in [5.74, 6) is 0. The maximum Gasteiger partial charge on any atom is 0.0726 e. The molecule has 1 fully saturated rings. The molecule has 3 nitrogen and oxygen atoms in total. The van der Waals surface area contributed by atoms with Gasteiger partial charge in [-0.3, -0.25) is 0 Å². The van der Waals surface area contributed by atoms with Crippen LogP contribution in [-0.2, 0) is 11.3 Å². The van der Waals surface area contributed by atoms with E-state index in [1.807, 2.05) is 0 Å². The number of morpholine rings is 1. The van der Waals surface area contributed by atoms with Gasteiger partial charge in [0.1, 0.15) is 0 Å². The molecule has 20 heavy (non-hydrogen) atoms. The number of anilines is 1. The SMILES string of the molecule is CCCNCc1ccc(Br)cc1N1CC(C)OC(C)C1. The van der Waals surface area contributed by atoms with Gasteiger partial charge >= 0.3 is 0 Å². The van der Waals surface area contributed by atoms with Crippen LogP contribution in [0.1, 0.15) is 32.8 Å². The molecule has 0 radical (unpaired) electrons. The highest BCUT2D eigenvalue weighted by Crippen LogP contribution is 2.28. The highest BCUT2D eigenvalue weighted by atomic mass is 79.9. The van der Waals surface area contributed by atoms with Crippen molar-refractivity contribution in [3.05, 3.63) is 28.2 Å². The van der Waals surface area contributed by atoms with Crippen LogP contribution in [0.2, 0.25) is 0 Å². The maximum absolute atomic E-state index is 5.84. The molecule has 2 rings (SSSR count). The molecule has 1 heterocycles. The Labute approximate surface area is 130 Å². The van der Waals surface area contributed by atoms with Gasteiger partial charge in [0.2, 0.25) is 0 Å². The average molecular weight is 341 g/mol. The molecule has 0 bridgehead atoms. The lowest BCUT2D eigenvalue weighted by atomic mass is 10.1. The third-order valence-corrected chi connectivity index (χ3v) is 4.04. The summed E-state index contributed by atoms with van der Waals surface area (Å²) in [6.45, 7) is 10.4. The Morgan fingerprint density at radius 3 is 2.65 bits per heavy atom. The first kappa shape index (κ1) is 15.8. The summed E-state index contributed by atoms with van der Waals surface area (Å²) < 4.78 is 6.98. The summed E-state index contributed by atoms with van der Waals surface area (Å²) in [5, 5.41) is 3.50. The van der Waals surface area contributed by atoms with E-state index in [1.165, 1.54) is 11.3 Å². The minimum atomic E-state index is 0.286. The maximum atomic E-state index is 5.84. The smallest absolute Gasteiger partial charge is 0.0726 e. The van der Waals surface area contributed by atoms with Crippen LogP contribution in [0.25, 0.3) is 0 Å². The fourth-order valence-corrected chi connectivity index (χ4v) is 3.10. The molecule has 1 aliphatic heterocycles. The lowest BCUT2D eigenvalue weighted by Crippen LogP contribution is -2.46. The number of ether oxygens (including phenoxy) is 1. The van der Waals surface area contributed by atoms with E-state index in [-0.39, 0.29) is 12.2 Å². The molecule has 1 aromatic carbocycles. The summed E-state index contributed by atoms with van der Waals surface area (Å²) in [4.78, 5) is 2.45. The van der Waals surface area contributed by atoms with Gasteiger partial charge in [-0.05, 0) is 44.5 Å². The quantitative estimate of drug-likeness (QED) is 0.829. The monoisotopic (exact) mass is 340 g/mol. The van der Waals surface area contributed by atoms with Crippen LogP contribution in [-0.4, -0.2) is 31.8 Å². The predicted octanol–water partition coefficient (Wildman–Crippen LogP) is 3.56. The number of nitrogens with one attached hydrogen (secondary N) is 1. The molecular formula is C16H25BrN2O. The van der Waals surface area contributed by atoms with Crippen molar-refractivity contribution in [2.45, 2.75) is 45.9 Å². The van der Waals surface area contributed by atoms with E-state index in [0.29, 0.717) is 0 Å². The van der Waals surface area contributed by atoms with Crippen molar-refractivity contribution < 1.29 is 4.74 Å². The molecule has 1 aliphatic rings. The van der Waals surface area contributed by atoms with Crippen LogP contribution in [0.5, 0.6) is 0 Å². The van der Waals surface area contributed by atoms with Crippen molar-refractivity contribution in [2.75, 3.05) is 24.5 Å². The first-order valence-corrected chi connectivity index (χ1v) is 8.29. The number of nitrogens with zero attached hydrogens (tertiary/aromatic N) is 1. The van der Waals surface area contributed by atoms with E-state index in [2.05, 4.69) is 65.1 Å². The molecule has 4 heteroatoms. The molecule has 0 saturated carbocycles. The van der Waals surface area contributed by atoms with Crippen molar-refractivity contribution in [1.29, 1.82) is 0 Å². The Morgan fingerprint density at radius 2 is 2.00 bits per heavy atom. The Hall–Kier alpha value is -0.580. The summed E-state index contributed by atoms with van der Waals surface area (Å²) in [7, 11) is 0. The normalized spacial score (nSPS) is 23.1. The first-order chi connectivity index (χ1) is 9.60. The average Bonchev–Trinajstić information content (AvgIpc) is 2.39. The van der Waals surface area contributed by atoms with Crippen molar-refractivity contribution >= 4 is 21.6 Å². The fraction of sp³-hybridized carbons (Fsp3) is 0.625. The van der Waals surface area contributed by atoms with Crippen LogP contribution in [0.3, 0.4) is 0 Å². The zero-order chi connectivity index (χ0) is 14.5. The number of hydrogen-bond donors (Lipinski definition) is 1. The summed E-state index contributed by atoms with van der Waals surface area (Å²) in [6, 6.07) is 6.57. The summed E-state index contributed by atoms with van der Waals surface area (Å²) in [5.41, 5.74) is 2.69. The topological polar surface area (TPSA) is 24.5 Å². The first-order valence-electron chi connectivity index (χ1n) is 7.49. The van der Waals surface area contributed by atoms with Gasteiger partial charge in [0.15, 0.2) is 0 Å². The van der Waals surface area contributed by atoms with Gasteiger partial charge in [0.25, 0.3) is 0 Å². The number of hydrogen-bond acceptors (Lipinski definition) is 3. The van der Waals surface area contributed by atoms with E-state index in [0.717, 1.165) is 37.1 Å². The molecule has 2 unspecified atom stereocenters. The van der Waals surface area contributed by atoms with Crippen LogP contribution in [0.15, 0.2) is 22.7 Å². The standard InChI is InChI=1S/C16H25BrN2O/c1-4-7-18-9-14-5-6-15(17)8-16(14)19-10-12(2)20-13(3)11-19/h5-6,8,12-13,18H,4,7,9-11H2,1-3H3. The Balaban J connectivity index is 2.17. The van der Waals surface area contributed by atoms with Gasteiger partial charge in [0, 0.05) is 29.8 Å². The van der Waals surface area contributed by atoms with Gasteiger partial charge in [-0.2, -0.15) is 0 Å². The summed E-state index contributed by atoms with van der Waals surface area (Å²) in [6.07, 6.45) is 1.74. The molecule has 1 saturated heterocycles. The van der Waals surface area contributed by atoms with Crippen LogP contribution in [0.4, 0.5) is 5.69 Å². The minimum Gasteiger partial charge on any atom is -0.372 e. The Kier molecular flexibility index (Phi) is 5.87. The van der Waals surface area contributed by atoms with Crippen molar-refractivity contribution in [1.82, 2.24) is 5.32 Å². The van der Waals surface area contributed by atoms with Crippen molar-refractivity contribution in [3.8, 4) is 0 Å². The molecule has 1 N–H and O–H groups in total. The zero-order valence-electron chi connectivity index (χ0n) is 12.7. The van der Waals surface area contributed by atoms with E-state index in [9.17, 15) is 0 Å². The molecule has 0 spiro atoms. The van der Waals surface area contributed by atoms with Crippen molar-refractivity contribution in [3.63, 3.8) is 0 Å². The predicted molar refractivity (Wildman–Crippen MR) is 88.4 cm³/mol. The molecular weight excluding hydrogens is 316 g/mol. The molecule has 112 valence electrons. The largest absolute Gasteiger partial charge is 0.372 e. The van der Waals surface area contributed by atoms with Gasteiger partial charge in [0.05, 0.1) is 12.2 Å². The lowest BCUT2D eigenvalue weighted by Gasteiger charge is -2.38. The molecule has 0 aromatic heterocycles. The molecule has 0 amide bonds. The third kappa shape index (κ3) is 4.21. The second-order valence-electron chi connectivity index (χ2n) is 5.61. The lowest BCUT2D eigenvalue weighted by molar-refractivity contribution is -0.00526. The Morgan fingerprint density at radius 1 is 1.30 bits per heavy atom. The van der Waals surface area contributed by atoms with Gasteiger partial charge in [-0.25, -0.2) is 0 Å². The van der Waals surface area contributed by atoms with Crippen LogP contribution in [0, 0.1) is 0 Å². The van der Waals surface area contributed by atoms with Gasteiger partial charge in [-0.15, -0.1) is 0 Å². The Bertz CT molecular complexity index is 428. The second-order valence-corrected chi connectivity index (χ2v) is 6.53. The molecule has 0 aliphatic carbocycles. The molecule has 1 aromatic rings. The minimum absolute atomic E-state index is 0.286. The van der Waals surface area contributed by atoms with E-state index in [4.69, 9.17) is 4.74 Å². The highest BCUT2D eigenvalue weighted by Gasteiger charge is 2.23. The number of benzene rings is 1. The fourth-order valence-electron chi connectivity index (χ4n) is 2.76. The van der Waals surface area contributed by atoms with Gasteiger partial charge < -0.3 is 15.0 Å². The highest BCUT2D eigenvalue weighted by molar-refractivity contribution is 9.10.